The van der Waals surface area contributed by atoms with E-state index in [-0.39, 0.29) is 24.3 Å². The van der Waals surface area contributed by atoms with Gasteiger partial charge in [-0.25, -0.2) is 0 Å². The summed E-state index contributed by atoms with van der Waals surface area (Å²) in [5.41, 5.74) is 2.95. The molecule has 5 rings (SSSR count). The number of piperazine rings is 1. The van der Waals surface area contributed by atoms with Crippen LogP contribution in [0, 0.1) is 0 Å². The van der Waals surface area contributed by atoms with Crippen molar-refractivity contribution in [3.8, 4) is 5.75 Å². The normalized spacial score (nSPS) is 19.6. The molecule has 2 fully saturated rings. The number of ether oxygens (including phenoxy) is 1. The molecule has 2 saturated heterocycles. The lowest BCUT2D eigenvalue weighted by molar-refractivity contribution is -0.121. The van der Waals surface area contributed by atoms with Crippen LogP contribution in [0.4, 0.5) is 5.69 Å². The monoisotopic (exact) mass is 508 g/mol. The number of benzene rings is 2. The lowest BCUT2D eigenvalue weighted by Gasteiger charge is -2.32. The summed E-state index contributed by atoms with van der Waals surface area (Å²) in [6.07, 6.45) is 1.75. The quantitative estimate of drug-likeness (QED) is 0.502. The maximum absolute atomic E-state index is 12.8. The molecule has 0 aliphatic carbocycles. The molecule has 0 atom stereocenters. The lowest BCUT2D eigenvalue weighted by atomic mass is 10.1. The van der Waals surface area contributed by atoms with Gasteiger partial charge in [-0.2, -0.15) is 0 Å². The summed E-state index contributed by atoms with van der Waals surface area (Å²) in [5.74, 6) is 0.248. The number of hydrogen-bond acceptors (Lipinski definition) is 7. The maximum Gasteiger partial charge on any atom is 0.265 e. The summed E-state index contributed by atoms with van der Waals surface area (Å²) in [5, 5.41) is 2.60. The first-order valence-electron chi connectivity index (χ1n) is 11.3. The Kier molecular flexibility index (Phi) is 6.59. The van der Waals surface area contributed by atoms with Crippen LogP contribution in [0.15, 0.2) is 47.4 Å². The summed E-state index contributed by atoms with van der Waals surface area (Å²) in [6, 6.07) is 12.9. The number of likely N-dealkylation sites (N-methyl/N-ethyl adjacent to an activating group) is 1. The highest BCUT2D eigenvalue weighted by Gasteiger charge is 2.27. The molecule has 0 spiro atoms. The van der Waals surface area contributed by atoms with Gasteiger partial charge in [0.15, 0.2) is 6.61 Å². The Morgan fingerprint density at radius 3 is 2.54 bits per heavy atom. The van der Waals surface area contributed by atoms with E-state index in [0.717, 1.165) is 37.3 Å². The largest absolute Gasteiger partial charge is 0.482 e. The Bertz CT molecular complexity index is 1240. The predicted octanol–water partition coefficient (Wildman–Crippen LogP) is 2.49. The Morgan fingerprint density at radius 1 is 1.11 bits per heavy atom. The highest BCUT2D eigenvalue weighted by molar-refractivity contribution is 8.26. The second-order valence-electron chi connectivity index (χ2n) is 8.64. The molecule has 2 aromatic rings. The number of fused-ring (bicyclic) bond motifs is 1. The third kappa shape index (κ3) is 5.09. The smallest absolute Gasteiger partial charge is 0.265 e. The van der Waals surface area contributed by atoms with Gasteiger partial charge in [-0.05, 0) is 48.5 Å². The fourth-order valence-corrected chi connectivity index (χ4v) is 5.23. The van der Waals surface area contributed by atoms with E-state index in [9.17, 15) is 14.4 Å². The van der Waals surface area contributed by atoms with Crippen molar-refractivity contribution < 1.29 is 19.1 Å². The zero-order chi connectivity index (χ0) is 24.5. The van der Waals surface area contributed by atoms with Gasteiger partial charge < -0.3 is 24.8 Å². The summed E-state index contributed by atoms with van der Waals surface area (Å²) in [4.78, 5) is 43.9. The minimum Gasteiger partial charge on any atom is -0.482 e. The molecule has 1 N–H and O–H groups in total. The van der Waals surface area contributed by atoms with Gasteiger partial charge in [-0.1, -0.05) is 42.2 Å². The van der Waals surface area contributed by atoms with Crippen molar-refractivity contribution in [1.29, 1.82) is 0 Å². The fourth-order valence-electron chi connectivity index (χ4n) is 4.18. The van der Waals surface area contributed by atoms with Crippen molar-refractivity contribution in [2.45, 2.75) is 6.54 Å². The van der Waals surface area contributed by atoms with Gasteiger partial charge >= 0.3 is 0 Å². The van der Waals surface area contributed by atoms with Crippen LogP contribution in [-0.2, 0) is 16.1 Å². The zero-order valence-corrected chi connectivity index (χ0v) is 20.8. The van der Waals surface area contributed by atoms with Crippen molar-refractivity contribution >= 4 is 57.8 Å². The Hall–Kier alpha value is -3.21. The minimum atomic E-state index is -0.229. The molecule has 2 aromatic carbocycles. The van der Waals surface area contributed by atoms with E-state index in [0.29, 0.717) is 32.8 Å². The Labute approximate surface area is 212 Å². The number of anilines is 1. The van der Waals surface area contributed by atoms with Crippen LogP contribution in [0.2, 0.25) is 0 Å². The fraction of sp³-hybridized carbons (Fsp3) is 0.280. The van der Waals surface area contributed by atoms with E-state index >= 15 is 0 Å². The Morgan fingerprint density at radius 2 is 1.86 bits per heavy atom. The first-order chi connectivity index (χ1) is 16.9. The third-order valence-electron chi connectivity index (χ3n) is 6.20. The molecule has 0 saturated carbocycles. The first kappa shape index (κ1) is 23.5. The SMILES string of the molecule is CN1CCN(C(=O)c2ccc(CN3C(=O)COc4ccc(/C=C5\SC(=S)NC5=O)cc43)cc2)CC1. The van der Waals surface area contributed by atoms with Crippen LogP contribution in [-0.4, -0.2) is 71.7 Å². The molecule has 0 unspecified atom stereocenters. The maximum atomic E-state index is 12.8. The number of thioether (sulfide) groups is 1. The number of carbonyl (C=O) groups excluding carboxylic acids is 3. The molecule has 10 heteroatoms. The van der Waals surface area contributed by atoms with Crippen LogP contribution in [0.3, 0.4) is 0 Å². The van der Waals surface area contributed by atoms with Gasteiger partial charge in [0.25, 0.3) is 17.7 Å². The number of nitrogens with zero attached hydrogens (tertiary/aromatic N) is 3. The number of amides is 3. The van der Waals surface area contributed by atoms with Gasteiger partial charge in [-0.15, -0.1) is 0 Å². The second kappa shape index (κ2) is 9.80. The third-order valence-corrected chi connectivity index (χ3v) is 7.36. The van der Waals surface area contributed by atoms with Crippen molar-refractivity contribution in [3.63, 3.8) is 0 Å². The van der Waals surface area contributed by atoms with Gasteiger partial charge in [0.05, 0.1) is 17.1 Å². The molecule has 3 aliphatic rings. The van der Waals surface area contributed by atoms with Crippen molar-refractivity contribution in [2.75, 3.05) is 44.7 Å². The highest BCUT2D eigenvalue weighted by atomic mass is 32.2. The van der Waals surface area contributed by atoms with Crippen LogP contribution in [0.25, 0.3) is 6.08 Å². The average molecular weight is 509 g/mol. The van der Waals surface area contributed by atoms with Crippen LogP contribution in [0.1, 0.15) is 21.5 Å². The first-order valence-corrected chi connectivity index (χ1v) is 12.5. The molecule has 180 valence electrons. The highest BCUT2D eigenvalue weighted by Crippen LogP contribution is 2.35. The van der Waals surface area contributed by atoms with Gasteiger partial charge in [0.2, 0.25) is 0 Å². The van der Waals surface area contributed by atoms with E-state index in [2.05, 4.69) is 17.3 Å². The van der Waals surface area contributed by atoms with Gasteiger partial charge in [0, 0.05) is 31.7 Å². The van der Waals surface area contributed by atoms with Crippen LogP contribution in [0.5, 0.6) is 5.75 Å². The molecule has 35 heavy (non-hydrogen) atoms. The van der Waals surface area contributed by atoms with Gasteiger partial charge in [-0.3, -0.25) is 14.4 Å². The standard InChI is InChI=1S/C25H24N4O4S2/c1-27-8-10-28(11-9-27)24(32)18-5-2-16(3-6-18)14-29-19-12-17(4-7-20(19)33-15-22(29)30)13-21-23(31)26-25(34)35-21/h2-7,12-13H,8-11,14-15H2,1H3,(H,26,31,34)/b21-13-. The number of hydrogen-bond donors (Lipinski definition) is 1. The van der Waals surface area contributed by atoms with E-state index < -0.39 is 0 Å². The van der Waals surface area contributed by atoms with Gasteiger partial charge in [0.1, 0.15) is 10.1 Å². The molecule has 0 bridgehead atoms. The summed E-state index contributed by atoms with van der Waals surface area (Å²) in [6.45, 7) is 3.49. The Balaban J connectivity index is 1.34. The summed E-state index contributed by atoms with van der Waals surface area (Å²) in [7, 11) is 2.06. The van der Waals surface area contributed by atoms with E-state index in [1.165, 1.54) is 11.8 Å². The summed E-state index contributed by atoms with van der Waals surface area (Å²) >= 11 is 6.26. The molecule has 3 heterocycles. The molecule has 0 aromatic heterocycles. The summed E-state index contributed by atoms with van der Waals surface area (Å²) < 4.78 is 6.05. The van der Waals surface area contributed by atoms with Crippen molar-refractivity contribution in [3.05, 3.63) is 64.1 Å². The molecule has 3 aliphatic heterocycles. The molecule has 0 radical (unpaired) electrons. The molecule has 3 amide bonds. The second-order valence-corrected chi connectivity index (χ2v) is 10.4. The topological polar surface area (TPSA) is 82.2 Å². The zero-order valence-electron chi connectivity index (χ0n) is 19.2. The predicted molar refractivity (Wildman–Crippen MR) is 139 cm³/mol. The number of carbonyl (C=O) groups is 3. The lowest BCUT2D eigenvalue weighted by Crippen LogP contribution is -2.47. The number of thiocarbonyl (C=S) groups is 1. The van der Waals surface area contributed by atoms with E-state index in [4.69, 9.17) is 17.0 Å². The molecular formula is C25H24N4O4S2. The minimum absolute atomic E-state index is 0.0309. The van der Waals surface area contributed by atoms with E-state index in [1.54, 1.807) is 17.0 Å². The van der Waals surface area contributed by atoms with E-state index in [1.807, 2.05) is 41.3 Å². The van der Waals surface area contributed by atoms with Crippen LogP contribution < -0.4 is 15.0 Å². The molecule has 8 nitrogen and oxygen atoms in total. The number of rotatable bonds is 4. The van der Waals surface area contributed by atoms with Crippen molar-refractivity contribution in [2.24, 2.45) is 0 Å². The average Bonchev–Trinajstić information content (AvgIpc) is 3.17. The molecular weight excluding hydrogens is 484 g/mol. The van der Waals surface area contributed by atoms with Crippen molar-refractivity contribution in [1.82, 2.24) is 15.1 Å². The van der Waals surface area contributed by atoms with Crippen LogP contribution >= 0.6 is 24.0 Å². The number of nitrogens with one attached hydrogen (secondary N) is 1.